The number of halogens is 6. The van der Waals surface area contributed by atoms with Crippen molar-refractivity contribution >= 4 is 33.6 Å². The van der Waals surface area contributed by atoms with Crippen LogP contribution in [0.25, 0.3) is 0 Å². The van der Waals surface area contributed by atoms with E-state index in [2.05, 4.69) is 26.6 Å². The van der Waals surface area contributed by atoms with Crippen molar-refractivity contribution in [3.63, 3.8) is 0 Å². The van der Waals surface area contributed by atoms with Crippen molar-refractivity contribution in [1.82, 2.24) is 10.2 Å². The molecule has 2 amide bonds. The van der Waals surface area contributed by atoms with E-state index in [9.17, 15) is 31.5 Å². The number of rotatable bonds is 11. The first-order valence-electron chi connectivity index (χ1n) is 13.9. The van der Waals surface area contributed by atoms with Crippen LogP contribution in [0.3, 0.4) is 0 Å². The zero-order valence-corrected chi connectivity index (χ0v) is 25.0. The molecule has 13 heteroatoms. The number of carbonyl (C=O) groups is 2. The number of hydrogen-bond donors (Lipinski definition) is 3. The SMILES string of the molecule is O=C(C[C@H](c1ccc(F)cc1)c1ccc(Br)cc1)Nc1cccc(F)c1CCC1CNC(CN(CC(F)(F)F)C(=O)O)CO1. The highest BCUT2D eigenvalue weighted by Gasteiger charge is 2.35. The molecule has 4 rings (SSSR count). The van der Waals surface area contributed by atoms with E-state index in [1.54, 1.807) is 18.2 Å². The van der Waals surface area contributed by atoms with Crippen molar-refractivity contribution in [1.29, 1.82) is 0 Å². The van der Waals surface area contributed by atoms with Gasteiger partial charge in [0.25, 0.3) is 0 Å². The topological polar surface area (TPSA) is 90.9 Å². The van der Waals surface area contributed by atoms with E-state index in [4.69, 9.17) is 9.84 Å². The van der Waals surface area contributed by atoms with Gasteiger partial charge in [0.05, 0.1) is 12.7 Å². The molecule has 0 spiro atoms. The van der Waals surface area contributed by atoms with Gasteiger partial charge in [-0.05, 0) is 60.4 Å². The second-order valence-electron chi connectivity index (χ2n) is 10.6. The fourth-order valence-electron chi connectivity index (χ4n) is 5.10. The average molecular weight is 685 g/mol. The Kier molecular flexibility index (Phi) is 11.3. The Morgan fingerprint density at radius 1 is 1.05 bits per heavy atom. The number of anilines is 1. The van der Waals surface area contributed by atoms with Crippen LogP contribution in [0.4, 0.5) is 32.4 Å². The number of benzene rings is 3. The smallest absolute Gasteiger partial charge is 0.407 e. The molecule has 1 fully saturated rings. The average Bonchev–Trinajstić information content (AvgIpc) is 2.96. The highest BCUT2D eigenvalue weighted by Crippen LogP contribution is 2.31. The first kappa shape index (κ1) is 33.3. The molecule has 1 heterocycles. The fraction of sp³-hybridized carbons (Fsp3) is 0.355. The summed E-state index contributed by atoms with van der Waals surface area (Å²) in [5, 5.41) is 14.9. The minimum Gasteiger partial charge on any atom is -0.465 e. The van der Waals surface area contributed by atoms with Crippen molar-refractivity contribution in [2.75, 3.05) is 31.6 Å². The van der Waals surface area contributed by atoms with Crippen LogP contribution in [0.2, 0.25) is 0 Å². The third-order valence-electron chi connectivity index (χ3n) is 7.29. The minimum absolute atomic E-state index is 0.0158. The molecular weight excluding hydrogens is 653 g/mol. The Hall–Kier alpha value is -3.55. The molecule has 7 nitrogen and oxygen atoms in total. The molecule has 1 aliphatic heterocycles. The molecule has 1 aliphatic rings. The quantitative estimate of drug-likeness (QED) is 0.195. The van der Waals surface area contributed by atoms with Gasteiger partial charge in [0, 0.05) is 47.2 Å². The molecule has 3 N–H and O–H groups in total. The third kappa shape index (κ3) is 9.73. The number of amides is 2. The molecule has 0 bridgehead atoms. The number of nitrogens with one attached hydrogen (secondary N) is 2. The number of morpholine rings is 1. The van der Waals surface area contributed by atoms with Gasteiger partial charge in [0.15, 0.2) is 0 Å². The van der Waals surface area contributed by atoms with E-state index in [0.717, 1.165) is 15.6 Å². The summed E-state index contributed by atoms with van der Waals surface area (Å²) < 4.78 is 73.3. The van der Waals surface area contributed by atoms with Crippen molar-refractivity contribution in [3.8, 4) is 0 Å². The van der Waals surface area contributed by atoms with Crippen LogP contribution in [0.1, 0.15) is 35.4 Å². The van der Waals surface area contributed by atoms with Crippen LogP contribution in [-0.4, -0.2) is 66.6 Å². The van der Waals surface area contributed by atoms with Crippen LogP contribution >= 0.6 is 15.9 Å². The van der Waals surface area contributed by atoms with E-state index in [-0.39, 0.29) is 48.3 Å². The van der Waals surface area contributed by atoms with Gasteiger partial charge in [-0.15, -0.1) is 0 Å². The van der Waals surface area contributed by atoms with Crippen molar-refractivity contribution in [3.05, 3.63) is 99.5 Å². The summed E-state index contributed by atoms with van der Waals surface area (Å²) in [6.07, 6.45) is -6.20. The molecule has 3 atom stereocenters. The first-order chi connectivity index (χ1) is 20.9. The molecule has 2 unspecified atom stereocenters. The molecule has 44 heavy (non-hydrogen) atoms. The highest BCUT2D eigenvalue weighted by atomic mass is 79.9. The van der Waals surface area contributed by atoms with Crippen LogP contribution in [0, 0.1) is 11.6 Å². The molecule has 3 aromatic rings. The highest BCUT2D eigenvalue weighted by molar-refractivity contribution is 9.10. The molecule has 0 aromatic heterocycles. The summed E-state index contributed by atoms with van der Waals surface area (Å²) in [7, 11) is 0. The maximum Gasteiger partial charge on any atom is 0.407 e. The number of carbonyl (C=O) groups excluding carboxylic acids is 1. The van der Waals surface area contributed by atoms with Gasteiger partial charge in [0.1, 0.15) is 18.2 Å². The standard InChI is InChI=1S/C31H31BrF5N3O4/c32-21-8-4-19(5-9-21)26(20-6-10-22(33)11-7-20)14-29(41)39-28-3-1-2-27(34)25(28)13-12-24-15-38-23(17-44-24)16-40(30(42)43)18-31(35,36)37/h1-11,23-24,26,38H,12-18H2,(H,39,41)(H,42,43)/t23?,24?,26-/m0/s1. The molecule has 0 radical (unpaired) electrons. The van der Waals surface area contributed by atoms with Gasteiger partial charge in [-0.1, -0.05) is 46.3 Å². The summed E-state index contributed by atoms with van der Waals surface area (Å²) in [6, 6.07) is 17.1. The summed E-state index contributed by atoms with van der Waals surface area (Å²) in [5.41, 5.74) is 2.17. The van der Waals surface area contributed by atoms with Crippen LogP contribution in [-0.2, 0) is 16.0 Å². The molecule has 236 valence electrons. The van der Waals surface area contributed by atoms with Crippen LogP contribution < -0.4 is 10.6 Å². The van der Waals surface area contributed by atoms with E-state index in [0.29, 0.717) is 12.1 Å². The van der Waals surface area contributed by atoms with Crippen LogP contribution in [0.15, 0.2) is 71.2 Å². The molecule has 1 saturated heterocycles. The zero-order valence-electron chi connectivity index (χ0n) is 23.4. The second-order valence-corrected chi connectivity index (χ2v) is 11.5. The Morgan fingerprint density at radius 2 is 1.70 bits per heavy atom. The molecular formula is C31H31BrF5N3O4. The number of alkyl halides is 3. The van der Waals surface area contributed by atoms with Gasteiger partial charge >= 0.3 is 12.3 Å². The maximum absolute atomic E-state index is 14.9. The normalized spacial score (nSPS) is 17.6. The lowest BCUT2D eigenvalue weighted by atomic mass is 9.88. The monoisotopic (exact) mass is 683 g/mol. The fourth-order valence-corrected chi connectivity index (χ4v) is 5.37. The van der Waals surface area contributed by atoms with Gasteiger partial charge < -0.3 is 20.5 Å². The second kappa shape index (κ2) is 15.0. The van der Waals surface area contributed by atoms with Crippen LogP contribution in [0.5, 0.6) is 0 Å². The third-order valence-corrected chi connectivity index (χ3v) is 7.82. The maximum atomic E-state index is 14.9. The lowest BCUT2D eigenvalue weighted by Crippen LogP contribution is -2.53. The predicted molar refractivity (Wildman–Crippen MR) is 158 cm³/mol. The summed E-state index contributed by atoms with van der Waals surface area (Å²) in [4.78, 5) is 24.8. The van der Waals surface area contributed by atoms with E-state index in [1.165, 1.54) is 24.3 Å². The Labute approximate surface area is 259 Å². The lowest BCUT2D eigenvalue weighted by molar-refractivity contribution is -0.143. The van der Waals surface area contributed by atoms with Gasteiger partial charge in [-0.3, -0.25) is 9.69 Å². The Balaban J connectivity index is 1.37. The minimum atomic E-state index is -4.66. The Morgan fingerprint density at radius 3 is 2.30 bits per heavy atom. The van der Waals surface area contributed by atoms with Gasteiger partial charge in [-0.2, -0.15) is 13.2 Å². The molecule has 0 aliphatic carbocycles. The van der Waals surface area contributed by atoms with Crippen molar-refractivity contribution in [2.24, 2.45) is 0 Å². The van der Waals surface area contributed by atoms with Gasteiger partial charge in [0.2, 0.25) is 5.91 Å². The van der Waals surface area contributed by atoms with Crippen molar-refractivity contribution < 1.29 is 41.4 Å². The molecule has 3 aromatic carbocycles. The number of carboxylic acid groups (broad SMARTS) is 1. The first-order valence-corrected chi connectivity index (χ1v) is 14.6. The van der Waals surface area contributed by atoms with E-state index in [1.807, 2.05) is 24.3 Å². The molecule has 0 saturated carbocycles. The van der Waals surface area contributed by atoms with E-state index < -0.39 is 49.1 Å². The number of nitrogens with zero attached hydrogens (tertiary/aromatic N) is 1. The zero-order chi connectivity index (χ0) is 31.9. The van der Waals surface area contributed by atoms with Gasteiger partial charge in [-0.25, -0.2) is 13.6 Å². The largest absolute Gasteiger partial charge is 0.465 e. The summed E-state index contributed by atoms with van der Waals surface area (Å²) in [6.45, 7) is -1.77. The summed E-state index contributed by atoms with van der Waals surface area (Å²) >= 11 is 3.40. The Bertz CT molecular complexity index is 1370. The number of ether oxygens (including phenoxy) is 1. The summed E-state index contributed by atoms with van der Waals surface area (Å²) in [5.74, 6) is -1.66. The van der Waals surface area contributed by atoms with E-state index >= 15 is 0 Å². The predicted octanol–water partition coefficient (Wildman–Crippen LogP) is 6.72. The number of hydrogen-bond acceptors (Lipinski definition) is 4. The lowest BCUT2D eigenvalue weighted by Gasteiger charge is -2.33. The van der Waals surface area contributed by atoms with Crippen molar-refractivity contribution in [2.45, 2.75) is 43.5 Å².